The van der Waals surface area contributed by atoms with Crippen LogP contribution in [0.1, 0.15) is 90.3 Å². The number of hydrogen-bond acceptors (Lipinski definition) is 2. The molecule has 26 heavy (non-hydrogen) atoms. The topological polar surface area (TPSA) is 12.5 Å². The van der Waals surface area contributed by atoms with Gasteiger partial charge in [-0.1, -0.05) is 60.5 Å². The number of rotatable bonds is 8. The molecule has 1 unspecified atom stereocenters. The predicted molar refractivity (Wildman–Crippen MR) is 115 cm³/mol. The summed E-state index contributed by atoms with van der Waals surface area (Å²) in [4.78, 5) is 2.57. The van der Waals surface area contributed by atoms with Crippen LogP contribution < -0.4 is 4.90 Å². The highest BCUT2D eigenvalue weighted by molar-refractivity contribution is 5.61. The molecule has 1 aliphatic heterocycles. The first-order chi connectivity index (χ1) is 12.3. The second-order valence-corrected chi connectivity index (χ2v) is 9.08. The molecule has 1 fully saturated rings. The summed E-state index contributed by atoms with van der Waals surface area (Å²) in [6.07, 6.45) is 6.13. The highest BCUT2D eigenvalue weighted by Gasteiger charge is 2.31. The third-order valence-corrected chi connectivity index (χ3v) is 6.53. The Morgan fingerprint density at radius 1 is 0.923 bits per heavy atom. The van der Waals surface area contributed by atoms with Gasteiger partial charge in [0.25, 0.3) is 0 Å². The van der Waals surface area contributed by atoms with Gasteiger partial charge in [-0.2, -0.15) is 0 Å². The lowest BCUT2D eigenvalue weighted by Gasteiger charge is -2.38. The molecular weight excluding hydrogens is 318 g/mol. The Labute approximate surface area is 162 Å². The Morgan fingerprint density at radius 2 is 1.54 bits per heavy atom. The van der Waals surface area contributed by atoms with E-state index in [0.29, 0.717) is 0 Å². The molecule has 148 valence electrons. The van der Waals surface area contributed by atoms with Gasteiger partial charge in [0.2, 0.25) is 0 Å². The lowest BCUT2D eigenvalue weighted by molar-refractivity contribution is 0.122. The SMILES string of the molecule is CCCC(C)(C)c1cc(C)c(C(C)(CC)CCC)cc1N1CCOCC1. The molecule has 1 aromatic rings. The van der Waals surface area contributed by atoms with E-state index in [1.165, 1.54) is 48.9 Å². The molecule has 0 aliphatic carbocycles. The normalized spacial score (nSPS) is 18.0. The largest absolute Gasteiger partial charge is 0.378 e. The first kappa shape index (κ1) is 21.3. The van der Waals surface area contributed by atoms with Gasteiger partial charge < -0.3 is 9.64 Å². The summed E-state index contributed by atoms with van der Waals surface area (Å²) in [5, 5.41) is 0. The Morgan fingerprint density at radius 3 is 2.08 bits per heavy atom. The Balaban J connectivity index is 2.60. The van der Waals surface area contributed by atoms with Crippen LogP contribution in [0.4, 0.5) is 5.69 Å². The third kappa shape index (κ3) is 4.44. The number of ether oxygens (including phenoxy) is 1. The molecule has 0 N–H and O–H groups in total. The number of anilines is 1. The lowest BCUT2D eigenvalue weighted by Crippen LogP contribution is -2.38. The highest BCUT2D eigenvalue weighted by Crippen LogP contribution is 2.42. The van der Waals surface area contributed by atoms with Gasteiger partial charge in [0, 0.05) is 18.8 Å². The predicted octanol–water partition coefficient (Wildman–Crippen LogP) is 6.38. The van der Waals surface area contributed by atoms with E-state index >= 15 is 0 Å². The fraction of sp³-hybridized carbons (Fsp3) is 0.750. The Kier molecular flexibility index (Phi) is 7.19. The van der Waals surface area contributed by atoms with Crippen LogP contribution in [0.5, 0.6) is 0 Å². The first-order valence-corrected chi connectivity index (χ1v) is 10.8. The summed E-state index contributed by atoms with van der Waals surface area (Å²) in [7, 11) is 0. The maximum Gasteiger partial charge on any atom is 0.0642 e. The molecule has 0 radical (unpaired) electrons. The van der Waals surface area contributed by atoms with E-state index in [4.69, 9.17) is 4.74 Å². The van der Waals surface area contributed by atoms with Crippen molar-refractivity contribution >= 4 is 5.69 Å². The minimum absolute atomic E-state index is 0.207. The van der Waals surface area contributed by atoms with Crippen molar-refractivity contribution in [2.24, 2.45) is 0 Å². The van der Waals surface area contributed by atoms with E-state index in [-0.39, 0.29) is 10.8 Å². The van der Waals surface area contributed by atoms with E-state index < -0.39 is 0 Å². The molecule has 0 saturated carbocycles. The second kappa shape index (κ2) is 8.78. The van der Waals surface area contributed by atoms with E-state index in [2.05, 4.69) is 65.5 Å². The molecule has 0 amide bonds. The molecular formula is C24H41NO. The molecule has 1 heterocycles. The van der Waals surface area contributed by atoms with Crippen molar-refractivity contribution in [3.05, 3.63) is 28.8 Å². The van der Waals surface area contributed by atoms with Crippen molar-refractivity contribution in [2.45, 2.75) is 91.4 Å². The standard InChI is InChI=1S/C24H41NO/c1-8-11-23(5,6)21-17-19(4)20(24(7,10-3)12-9-2)18-22(21)25-13-15-26-16-14-25/h17-18H,8-16H2,1-7H3. The van der Waals surface area contributed by atoms with Gasteiger partial charge in [-0.25, -0.2) is 0 Å². The van der Waals surface area contributed by atoms with Gasteiger partial charge in [0.1, 0.15) is 0 Å². The molecule has 2 nitrogen and oxygen atoms in total. The fourth-order valence-corrected chi connectivity index (χ4v) is 4.77. The van der Waals surface area contributed by atoms with Crippen LogP contribution in [-0.4, -0.2) is 26.3 Å². The maximum absolute atomic E-state index is 5.63. The van der Waals surface area contributed by atoms with Crippen LogP contribution in [0.25, 0.3) is 0 Å². The van der Waals surface area contributed by atoms with Crippen LogP contribution in [0.3, 0.4) is 0 Å². The van der Waals surface area contributed by atoms with Crippen molar-refractivity contribution in [1.29, 1.82) is 0 Å². The van der Waals surface area contributed by atoms with Crippen LogP contribution >= 0.6 is 0 Å². The summed E-state index contributed by atoms with van der Waals surface area (Å²) in [6.45, 7) is 20.3. The van der Waals surface area contributed by atoms with Crippen molar-refractivity contribution in [3.8, 4) is 0 Å². The maximum atomic E-state index is 5.63. The fourth-order valence-electron chi connectivity index (χ4n) is 4.77. The molecule has 0 bridgehead atoms. The van der Waals surface area contributed by atoms with Gasteiger partial charge >= 0.3 is 0 Å². The van der Waals surface area contributed by atoms with Gasteiger partial charge in [0.15, 0.2) is 0 Å². The van der Waals surface area contributed by atoms with Crippen molar-refractivity contribution in [3.63, 3.8) is 0 Å². The zero-order valence-electron chi connectivity index (χ0n) is 18.4. The smallest absolute Gasteiger partial charge is 0.0642 e. The molecule has 1 aliphatic rings. The van der Waals surface area contributed by atoms with E-state index in [1.54, 1.807) is 5.56 Å². The van der Waals surface area contributed by atoms with Crippen LogP contribution in [0.15, 0.2) is 12.1 Å². The van der Waals surface area contributed by atoms with Gasteiger partial charge in [-0.15, -0.1) is 0 Å². The van der Waals surface area contributed by atoms with E-state index in [1.807, 2.05) is 0 Å². The zero-order valence-corrected chi connectivity index (χ0v) is 18.4. The van der Waals surface area contributed by atoms with Crippen molar-refractivity contribution < 1.29 is 4.74 Å². The van der Waals surface area contributed by atoms with Crippen LogP contribution in [0, 0.1) is 6.92 Å². The highest BCUT2D eigenvalue weighted by atomic mass is 16.5. The number of morpholine rings is 1. The quantitative estimate of drug-likeness (QED) is 0.534. The Hall–Kier alpha value is -1.02. The number of aryl methyl sites for hydroxylation is 1. The average molecular weight is 360 g/mol. The first-order valence-electron chi connectivity index (χ1n) is 10.8. The van der Waals surface area contributed by atoms with Gasteiger partial charge in [0.05, 0.1) is 13.2 Å². The van der Waals surface area contributed by atoms with Gasteiger partial charge in [-0.05, 0) is 59.8 Å². The lowest BCUT2D eigenvalue weighted by atomic mass is 9.71. The van der Waals surface area contributed by atoms with E-state index in [0.717, 1.165) is 26.3 Å². The Bertz CT molecular complexity index is 586. The van der Waals surface area contributed by atoms with E-state index in [9.17, 15) is 0 Å². The monoisotopic (exact) mass is 359 g/mol. The minimum atomic E-state index is 0.207. The van der Waals surface area contributed by atoms with Gasteiger partial charge in [-0.3, -0.25) is 0 Å². The molecule has 2 heteroatoms. The number of nitrogens with zero attached hydrogens (tertiary/aromatic N) is 1. The summed E-state index contributed by atoms with van der Waals surface area (Å²) < 4.78 is 5.63. The minimum Gasteiger partial charge on any atom is -0.378 e. The summed E-state index contributed by atoms with van der Waals surface area (Å²) in [6, 6.07) is 5.06. The summed E-state index contributed by atoms with van der Waals surface area (Å²) in [5.41, 5.74) is 6.49. The molecule has 1 aromatic carbocycles. The third-order valence-electron chi connectivity index (χ3n) is 6.53. The van der Waals surface area contributed by atoms with Crippen molar-refractivity contribution in [2.75, 3.05) is 31.2 Å². The number of hydrogen-bond donors (Lipinski definition) is 0. The van der Waals surface area contributed by atoms with Crippen LogP contribution in [0.2, 0.25) is 0 Å². The average Bonchev–Trinajstić information content (AvgIpc) is 2.62. The second-order valence-electron chi connectivity index (χ2n) is 9.08. The van der Waals surface area contributed by atoms with Crippen molar-refractivity contribution in [1.82, 2.24) is 0 Å². The summed E-state index contributed by atoms with van der Waals surface area (Å²) >= 11 is 0. The number of benzene rings is 1. The summed E-state index contributed by atoms with van der Waals surface area (Å²) in [5.74, 6) is 0. The zero-order chi connectivity index (χ0) is 19.4. The molecule has 1 atom stereocenters. The molecule has 1 saturated heterocycles. The molecule has 0 aromatic heterocycles. The molecule has 2 rings (SSSR count). The van der Waals surface area contributed by atoms with Crippen LogP contribution in [-0.2, 0) is 15.6 Å². The molecule has 0 spiro atoms.